The maximum absolute atomic E-state index is 11.2. The van der Waals surface area contributed by atoms with Crippen molar-refractivity contribution in [2.75, 3.05) is 7.11 Å². The lowest BCUT2D eigenvalue weighted by Crippen LogP contribution is -2.16. The summed E-state index contributed by atoms with van der Waals surface area (Å²) >= 11 is 6.11. The number of amides is 1. The Morgan fingerprint density at radius 3 is 2.84 bits per heavy atom. The summed E-state index contributed by atoms with van der Waals surface area (Å²) < 4.78 is 11.1. The molecule has 0 fully saturated rings. The highest BCUT2D eigenvalue weighted by Gasteiger charge is 2.07. The van der Waals surface area contributed by atoms with E-state index in [-0.39, 0.29) is 6.42 Å². The second-order valence-electron chi connectivity index (χ2n) is 4.92. The van der Waals surface area contributed by atoms with Crippen LogP contribution in [0.3, 0.4) is 0 Å². The number of rotatable bonds is 7. The minimum Gasteiger partial charge on any atom is -0.493 e. The van der Waals surface area contributed by atoms with Gasteiger partial charge in [0.2, 0.25) is 0 Å². The molecule has 0 spiro atoms. The van der Waals surface area contributed by atoms with Crippen LogP contribution in [-0.2, 0) is 11.4 Å². The molecule has 0 saturated carbocycles. The fourth-order valence-corrected chi connectivity index (χ4v) is 2.14. The molecule has 0 aromatic heterocycles. The molecule has 1 amide bonds. The Balaban J connectivity index is 2.04. The second-order valence-corrected chi connectivity index (χ2v) is 5.33. The minimum atomic E-state index is -0.467. The maximum Gasteiger partial charge on any atom is 0.254 e. The molecule has 2 aromatic carbocycles. The molecule has 2 aromatic rings. The number of benzene rings is 2. The summed E-state index contributed by atoms with van der Waals surface area (Å²) in [6.07, 6.45) is 1.21. The van der Waals surface area contributed by atoms with Crippen LogP contribution in [0, 0.1) is 11.3 Å². The fraction of sp³-hybridized carbons (Fsp3) is 0.167. The largest absolute Gasteiger partial charge is 0.493 e. The summed E-state index contributed by atoms with van der Waals surface area (Å²) in [6.45, 7) is 0.313. The van der Waals surface area contributed by atoms with Crippen LogP contribution in [0.5, 0.6) is 11.5 Å². The smallest absolute Gasteiger partial charge is 0.254 e. The van der Waals surface area contributed by atoms with Crippen LogP contribution >= 0.6 is 11.6 Å². The molecule has 1 N–H and O–H groups in total. The van der Waals surface area contributed by atoms with Crippen molar-refractivity contribution < 1.29 is 14.3 Å². The Labute approximate surface area is 150 Å². The van der Waals surface area contributed by atoms with E-state index in [0.717, 1.165) is 5.56 Å². The van der Waals surface area contributed by atoms with Crippen molar-refractivity contribution in [2.45, 2.75) is 13.0 Å². The number of ether oxygens (including phenoxy) is 2. The summed E-state index contributed by atoms with van der Waals surface area (Å²) in [5, 5.41) is 12.8. The second kappa shape index (κ2) is 9.30. The number of carbonyl (C=O) groups excluding carboxylic acids is 1. The Morgan fingerprint density at radius 2 is 2.12 bits per heavy atom. The van der Waals surface area contributed by atoms with E-state index in [1.165, 1.54) is 13.3 Å². The third kappa shape index (κ3) is 5.52. The number of carbonyl (C=O) groups is 1. The molecule has 0 atom stereocenters. The van der Waals surface area contributed by atoms with Gasteiger partial charge in [-0.2, -0.15) is 10.4 Å². The van der Waals surface area contributed by atoms with Crippen molar-refractivity contribution in [1.82, 2.24) is 5.43 Å². The number of nitriles is 1. The van der Waals surface area contributed by atoms with Crippen LogP contribution in [0.25, 0.3) is 0 Å². The van der Waals surface area contributed by atoms with Gasteiger partial charge < -0.3 is 9.47 Å². The number of nitrogens with one attached hydrogen (secondary N) is 1. The molecular weight excluding hydrogens is 342 g/mol. The Bertz CT molecular complexity index is 815. The number of hydrazone groups is 1. The van der Waals surface area contributed by atoms with E-state index in [9.17, 15) is 4.79 Å². The topological polar surface area (TPSA) is 83.7 Å². The van der Waals surface area contributed by atoms with Crippen molar-refractivity contribution in [2.24, 2.45) is 5.10 Å². The maximum atomic E-state index is 11.2. The molecule has 0 aliphatic rings. The average molecular weight is 358 g/mol. The van der Waals surface area contributed by atoms with Gasteiger partial charge in [0.15, 0.2) is 11.5 Å². The standard InChI is InChI=1S/C18H16ClN3O3/c1-24-17-10-13(11-21-22-18(23)8-9-20)6-7-16(17)25-12-14-4-2-3-5-15(14)19/h2-7,10-11H,8,12H2,1H3,(H,22,23). The molecule has 2 rings (SSSR count). The predicted molar refractivity (Wildman–Crippen MR) is 94.7 cm³/mol. The van der Waals surface area contributed by atoms with Crippen molar-refractivity contribution in [3.63, 3.8) is 0 Å². The zero-order valence-corrected chi connectivity index (χ0v) is 14.3. The molecule has 128 valence electrons. The highest BCUT2D eigenvalue weighted by Crippen LogP contribution is 2.29. The van der Waals surface area contributed by atoms with Crippen molar-refractivity contribution in [3.05, 3.63) is 58.6 Å². The first-order valence-electron chi connectivity index (χ1n) is 7.37. The van der Waals surface area contributed by atoms with Gasteiger partial charge in [0.05, 0.1) is 19.4 Å². The monoisotopic (exact) mass is 357 g/mol. The van der Waals surface area contributed by atoms with Gasteiger partial charge in [0, 0.05) is 10.6 Å². The normalized spacial score (nSPS) is 10.3. The molecule has 0 heterocycles. The number of nitrogens with zero attached hydrogens (tertiary/aromatic N) is 2. The van der Waals surface area contributed by atoms with E-state index >= 15 is 0 Å². The lowest BCUT2D eigenvalue weighted by molar-refractivity contribution is -0.120. The number of halogens is 1. The quantitative estimate of drug-likeness (QED) is 0.608. The van der Waals surface area contributed by atoms with Gasteiger partial charge in [0.1, 0.15) is 13.0 Å². The van der Waals surface area contributed by atoms with Gasteiger partial charge in [-0.25, -0.2) is 5.43 Å². The first-order chi connectivity index (χ1) is 12.1. The highest BCUT2D eigenvalue weighted by atomic mass is 35.5. The molecular formula is C18H16ClN3O3. The summed E-state index contributed by atoms with van der Waals surface area (Å²) in [5.74, 6) is 0.623. The molecule has 0 saturated heterocycles. The Hall–Kier alpha value is -3.04. The SMILES string of the molecule is COc1cc(C=NNC(=O)CC#N)ccc1OCc1ccccc1Cl. The summed E-state index contributed by atoms with van der Waals surface area (Å²) in [4.78, 5) is 11.2. The Morgan fingerprint density at radius 1 is 1.32 bits per heavy atom. The highest BCUT2D eigenvalue weighted by molar-refractivity contribution is 6.31. The molecule has 0 aliphatic carbocycles. The van der Waals surface area contributed by atoms with Gasteiger partial charge in [0.25, 0.3) is 5.91 Å². The van der Waals surface area contributed by atoms with E-state index < -0.39 is 5.91 Å². The van der Waals surface area contributed by atoms with Gasteiger partial charge >= 0.3 is 0 Å². The van der Waals surface area contributed by atoms with Crippen LogP contribution in [0.2, 0.25) is 5.02 Å². The molecule has 0 bridgehead atoms. The minimum absolute atomic E-state index is 0.241. The molecule has 0 aliphatic heterocycles. The third-order valence-electron chi connectivity index (χ3n) is 3.17. The van der Waals surface area contributed by atoms with Crippen molar-refractivity contribution >= 4 is 23.7 Å². The summed E-state index contributed by atoms with van der Waals surface area (Å²) in [5.41, 5.74) is 3.84. The van der Waals surface area contributed by atoms with Gasteiger partial charge in [-0.05, 0) is 29.8 Å². The van der Waals surface area contributed by atoms with Crippen LogP contribution in [0.1, 0.15) is 17.5 Å². The van der Waals surface area contributed by atoms with E-state index in [4.69, 9.17) is 26.3 Å². The lowest BCUT2D eigenvalue weighted by Gasteiger charge is -2.12. The number of hydrogen-bond acceptors (Lipinski definition) is 5. The molecule has 7 heteroatoms. The zero-order chi connectivity index (χ0) is 18.1. The molecule has 0 unspecified atom stereocenters. The summed E-state index contributed by atoms with van der Waals surface area (Å²) in [6, 6.07) is 14.4. The van der Waals surface area contributed by atoms with E-state index in [2.05, 4.69) is 10.5 Å². The van der Waals surface area contributed by atoms with E-state index in [1.807, 2.05) is 18.2 Å². The van der Waals surface area contributed by atoms with Gasteiger partial charge in [-0.3, -0.25) is 4.79 Å². The average Bonchev–Trinajstić information content (AvgIpc) is 2.62. The molecule has 6 nitrogen and oxygen atoms in total. The van der Waals surface area contributed by atoms with Crippen LogP contribution in [-0.4, -0.2) is 19.2 Å². The van der Waals surface area contributed by atoms with Crippen LogP contribution in [0.15, 0.2) is 47.6 Å². The zero-order valence-electron chi connectivity index (χ0n) is 13.5. The lowest BCUT2D eigenvalue weighted by atomic mass is 10.2. The van der Waals surface area contributed by atoms with Crippen molar-refractivity contribution in [1.29, 1.82) is 5.26 Å². The van der Waals surface area contributed by atoms with E-state index in [1.54, 1.807) is 30.3 Å². The van der Waals surface area contributed by atoms with E-state index in [0.29, 0.717) is 28.7 Å². The van der Waals surface area contributed by atoms with Crippen LogP contribution < -0.4 is 14.9 Å². The first-order valence-corrected chi connectivity index (χ1v) is 7.75. The van der Waals surface area contributed by atoms with Gasteiger partial charge in [-0.1, -0.05) is 29.8 Å². The fourth-order valence-electron chi connectivity index (χ4n) is 1.94. The van der Waals surface area contributed by atoms with Crippen molar-refractivity contribution in [3.8, 4) is 17.6 Å². The molecule has 25 heavy (non-hydrogen) atoms. The van der Waals surface area contributed by atoms with Gasteiger partial charge in [-0.15, -0.1) is 0 Å². The summed E-state index contributed by atoms with van der Waals surface area (Å²) in [7, 11) is 1.54. The molecule has 0 radical (unpaired) electrons. The van der Waals surface area contributed by atoms with Crippen LogP contribution in [0.4, 0.5) is 0 Å². The Kier molecular flexibility index (Phi) is 6.81. The third-order valence-corrected chi connectivity index (χ3v) is 3.54. The first kappa shape index (κ1) is 18.3. The number of methoxy groups -OCH3 is 1. The number of hydrogen-bond donors (Lipinski definition) is 1. The predicted octanol–water partition coefficient (Wildman–Crippen LogP) is 3.29.